The Labute approximate surface area is 164 Å². The first-order valence-corrected chi connectivity index (χ1v) is 10.5. The predicted octanol–water partition coefficient (Wildman–Crippen LogP) is 5.32. The number of para-hydroxylation sites is 1. The number of carbonyl (C=O) groups is 2. The zero-order chi connectivity index (χ0) is 19.4. The highest BCUT2D eigenvalue weighted by Gasteiger charge is 2.22. The van der Waals surface area contributed by atoms with Gasteiger partial charge in [-0.25, -0.2) is 13.4 Å². The van der Waals surface area contributed by atoms with Gasteiger partial charge in [-0.2, -0.15) is 0 Å². The summed E-state index contributed by atoms with van der Waals surface area (Å²) in [6.07, 6.45) is 5.75. The van der Waals surface area contributed by atoms with Gasteiger partial charge in [-0.3, -0.25) is 9.63 Å². The second kappa shape index (κ2) is 12.6. The Balaban J connectivity index is 2.76. The number of unbranched alkanes of at least 4 members (excludes halogenated alkanes) is 3. The highest BCUT2D eigenvalue weighted by Crippen LogP contribution is 2.26. The number of hydrogen-bond donors (Lipinski definition) is 0. The van der Waals surface area contributed by atoms with Crippen LogP contribution in [0.2, 0.25) is 0 Å². The molecule has 1 aromatic rings. The molecular weight excluding hydrogens is 370 g/mol. The number of hydrogen-bond acceptors (Lipinski definition) is 6. The molecule has 8 heteroatoms. The van der Waals surface area contributed by atoms with Gasteiger partial charge in [0.15, 0.2) is 0 Å². The molecular formula is C18H27N3O3S2. The van der Waals surface area contributed by atoms with E-state index in [-0.39, 0.29) is 5.91 Å². The van der Waals surface area contributed by atoms with Crippen LogP contribution in [-0.2, 0) is 9.63 Å². The van der Waals surface area contributed by atoms with E-state index < -0.39 is 6.09 Å². The number of oxime groups is 1. The minimum atomic E-state index is -0.636. The lowest BCUT2D eigenvalue weighted by Crippen LogP contribution is -2.31. The van der Waals surface area contributed by atoms with Crippen molar-refractivity contribution in [3.05, 3.63) is 30.3 Å². The summed E-state index contributed by atoms with van der Waals surface area (Å²) < 4.78 is 2.78. The Morgan fingerprint density at radius 2 is 1.85 bits per heavy atom. The number of amides is 2. The minimum Gasteiger partial charge on any atom is -0.296 e. The maximum atomic E-state index is 12.7. The first-order valence-electron chi connectivity index (χ1n) is 8.59. The maximum Gasteiger partial charge on any atom is 0.447 e. The summed E-state index contributed by atoms with van der Waals surface area (Å²) in [5.41, 5.74) is 0.724. The van der Waals surface area contributed by atoms with Crippen molar-refractivity contribution in [2.75, 3.05) is 17.6 Å². The van der Waals surface area contributed by atoms with Crippen LogP contribution in [0.15, 0.2) is 35.5 Å². The summed E-state index contributed by atoms with van der Waals surface area (Å²) in [5, 5.41) is 4.37. The normalized spacial score (nSPS) is 11.2. The standard InChI is InChI=1S/C18H27N3O3S2/c1-5-6-7-11-14-17(22)21(16-12-9-8-10-13-16)26-20(3)18(23)24-19-15(2)25-4/h8-10,12-13H,5-7,11,14H2,1-4H3/b19-15-. The van der Waals surface area contributed by atoms with E-state index in [0.717, 1.165) is 43.5 Å². The fourth-order valence-corrected chi connectivity index (χ4v) is 2.81. The highest BCUT2D eigenvalue weighted by atomic mass is 32.2. The molecule has 0 fully saturated rings. The molecule has 0 unspecified atom stereocenters. The molecule has 0 heterocycles. The average Bonchev–Trinajstić information content (AvgIpc) is 2.67. The van der Waals surface area contributed by atoms with E-state index in [0.29, 0.717) is 11.5 Å². The number of rotatable bonds is 9. The van der Waals surface area contributed by atoms with E-state index in [1.165, 1.54) is 20.4 Å². The molecule has 144 valence electrons. The van der Waals surface area contributed by atoms with Crippen molar-refractivity contribution < 1.29 is 14.4 Å². The van der Waals surface area contributed by atoms with Crippen LogP contribution in [0.5, 0.6) is 0 Å². The van der Waals surface area contributed by atoms with Gasteiger partial charge >= 0.3 is 6.09 Å². The Bertz CT molecular complexity index is 597. The topological polar surface area (TPSA) is 62.2 Å². The van der Waals surface area contributed by atoms with E-state index in [1.54, 1.807) is 14.0 Å². The molecule has 0 saturated heterocycles. The van der Waals surface area contributed by atoms with E-state index in [9.17, 15) is 9.59 Å². The van der Waals surface area contributed by atoms with Crippen LogP contribution in [0.3, 0.4) is 0 Å². The van der Waals surface area contributed by atoms with Gasteiger partial charge < -0.3 is 0 Å². The zero-order valence-electron chi connectivity index (χ0n) is 15.8. The Kier molecular flexibility index (Phi) is 10.9. The number of benzene rings is 1. The fraction of sp³-hybridized carbons (Fsp3) is 0.500. The third kappa shape index (κ3) is 8.14. The molecule has 0 saturated carbocycles. The molecule has 0 aromatic heterocycles. The van der Waals surface area contributed by atoms with Crippen LogP contribution in [0.25, 0.3) is 0 Å². The van der Waals surface area contributed by atoms with Gasteiger partial charge in [0.1, 0.15) is 5.04 Å². The summed E-state index contributed by atoms with van der Waals surface area (Å²) in [5.74, 6) is -0.0410. The molecule has 0 radical (unpaired) electrons. The Hall–Kier alpha value is -1.67. The molecule has 0 N–H and O–H groups in total. The van der Waals surface area contributed by atoms with Crippen molar-refractivity contribution in [2.24, 2.45) is 5.16 Å². The minimum absolute atomic E-state index is 0.0410. The summed E-state index contributed by atoms with van der Waals surface area (Å²) in [4.78, 5) is 29.6. The van der Waals surface area contributed by atoms with Gasteiger partial charge in [0.2, 0.25) is 5.91 Å². The number of anilines is 1. The Morgan fingerprint density at radius 1 is 1.15 bits per heavy atom. The molecule has 6 nitrogen and oxygen atoms in total. The van der Waals surface area contributed by atoms with Gasteiger partial charge in [0, 0.05) is 13.5 Å². The van der Waals surface area contributed by atoms with Gasteiger partial charge in [0.25, 0.3) is 0 Å². The van der Waals surface area contributed by atoms with E-state index in [4.69, 9.17) is 4.84 Å². The van der Waals surface area contributed by atoms with Gasteiger partial charge in [-0.05, 0) is 31.7 Å². The molecule has 0 bridgehead atoms. The van der Waals surface area contributed by atoms with Crippen LogP contribution in [-0.4, -0.2) is 34.7 Å². The molecule has 26 heavy (non-hydrogen) atoms. The highest BCUT2D eigenvalue weighted by molar-refractivity contribution is 8.13. The van der Waals surface area contributed by atoms with Crippen LogP contribution in [0.4, 0.5) is 10.5 Å². The van der Waals surface area contributed by atoms with Crippen molar-refractivity contribution >= 4 is 46.6 Å². The SMILES string of the molecule is CCCCCCC(=O)N(SN(C)C(=O)O/N=C(/C)SC)c1ccccc1. The van der Waals surface area contributed by atoms with Crippen molar-refractivity contribution in [3.63, 3.8) is 0 Å². The van der Waals surface area contributed by atoms with Crippen molar-refractivity contribution in [3.8, 4) is 0 Å². The van der Waals surface area contributed by atoms with Gasteiger partial charge in [-0.15, -0.1) is 11.8 Å². The third-order valence-corrected chi connectivity index (χ3v) is 5.11. The largest absolute Gasteiger partial charge is 0.447 e. The lowest BCUT2D eigenvalue weighted by molar-refractivity contribution is -0.117. The van der Waals surface area contributed by atoms with Gasteiger partial charge in [-0.1, -0.05) is 49.5 Å². The second-order valence-electron chi connectivity index (χ2n) is 5.59. The van der Waals surface area contributed by atoms with Crippen LogP contribution in [0.1, 0.15) is 46.0 Å². The summed E-state index contributed by atoms with van der Waals surface area (Å²) in [6.45, 7) is 3.89. The molecule has 1 aromatic carbocycles. The number of carbonyl (C=O) groups excluding carboxylic acids is 2. The lowest BCUT2D eigenvalue weighted by Gasteiger charge is -2.25. The van der Waals surface area contributed by atoms with E-state index in [1.807, 2.05) is 36.6 Å². The van der Waals surface area contributed by atoms with Crippen molar-refractivity contribution in [2.45, 2.75) is 46.0 Å². The number of thioether (sulfide) groups is 1. The fourth-order valence-electron chi connectivity index (χ4n) is 1.96. The molecule has 0 spiro atoms. The van der Waals surface area contributed by atoms with Gasteiger partial charge in [0.05, 0.1) is 17.8 Å². The van der Waals surface area contributed by atoms with Crippen molar-refractivity contribution in [1.29, 1.82) is 0 Å². The van der Waals surface area contributed by atoms with Crippen LogP contribution >= 0.6 is 23.9 Å². The predicted molar refractivity (Wildman–Crippen MR) is 111 cm³/mol. The first kappa shape index (κ1) is 22.4. The zero-order valence-corrected chi connectivity index (χ0v) is 17.4. The second-order valence-corrected chi connectivity index (χ2v) is 7.66. The summed E-state index contributed by atoms with van der Waals surface area (Å²) in [7, 11) is 1.55. The van der Waals surface area contributed by atoms with E-state index >= 15 is 0 Å². The molecule has 2 amide bonds. The molecule has 0 atom stereocenters. The van der Waals surface area contributed by atoms with E-state index in [2.05, 4.69) is 12.1 Å². The Morgan fingerprint density at radius 3 is 2.46 bits per heavy atom. The lowest BCUT2D eigenvalue weighted by atomic mass is 10.1. The summed E-state index contributed by atoms with van der Waals surface area (Å²) in [6, 6.07) is 9.28. The monoisotopic (exact) mass is 397 g/mol. The smallest absolute Gasteiger partial charge is 0.296 e. The van der Waals surface area contributed by atoms with Crippen LogP contribution in [0, 0.1) is 0 Å². The first-order chi connectivity index (χ1) is 12.5. The molecule has 0 aliphatic carbocycles. The quantitative estimate of drug-likeness (QED) is 0.141. The maximum absolute atomic E-state index is 12.7. The summed E-state index contributed by atoms with van der Waals surface area (Å²) >= 11 is 2.39. The third-order valence-electron chi connectivity index (χ3n) is 3.47. The average molecular weight is 398 g/mol. The molecule has 0 aliphatic heterocycles. The van der Waals surface area contributed by atoms with Crippen molar-refractivity contribution in [1.82, 2.24) is 4.31 Å². The molecule has 1 rings (SSSR count). The van der Waals surface area contributed by atoms with Crippen LogP contribution < -0.4 is 4.31 Å². The number of nitrogens with zero attached hydrogens (tertiary/aromatic N) is 3. The molecule has 0 aliphatic rings.